The second-order valence-corrected chi connectivity index (χ2v) is 8.28. The number of hydrogen-bond acceptors (Lipinski definition) is 3. The van der Waals surface area contributed by atoms with E-state index >= 15 is 0 Å². The van der Waals surface area contributed by atoms with Crippen LogP contribution in [-0.4, -0.2) is 9.97 Å². The predicted molar refractivity (Wildman–Crippen MR) is 138 cm³/mol. The molecule has 0 N–H and O–H groups in total. The van der Waals surface area contributed by atoms with Crippen molar-refractivity contribution < 1.29 is 0 Å². The summed E-state index contributed by atoms with van der Waals surface area (Å²) in [5, 5.41) is 10.2. The molecule has 3 heteroatoms. The zero-order valence-corrected chi connectivity index (χ0v) is 17.8. The lowest BCUT2D eigenvalue weighted by Gasteiger charge is -2.25. The van der Waals surface area contributed by atoms with Gasteiger partial charge in [0.05, 0.1) is 5.69 Å². The minimum Gasteiger partial charge on any atom is -0.278 e. The quantitative estimate of drug-likeness (QED) is 0.214. The highest BCUT2D eigenvalue weighted by molar-refractivity contribution is 6.34. The molecule has 154 valence electrons. The summed E-state index contributed by atoms with van der Waals surface area (Å²) in [6.07, 6.45) is 3.65. The van der Waals surface area contributed by atoms with Crippen LogP contribution in [0.15, 0.2) is 116 Å². The highest BCUT2D eigenvalue weighted by Crippen LogP contribution is 2.45. The van der Waals surface area contributed by atoms with Crippen LogP contribution in [0.25, 0.3) is 43.1 Å². The van der Waals surface area contributed by atoms with Crippen molar-refractivity contribution >= 4 is 60.4 Å². The van der Waals surface area contributed by atoms with E-state index in [-0.39, 0.29) is 0 Å². The fourth-order valence-corrected chi connectivity index (χ4v) is 5.16. The van der Waals surface area contributed by atoms with Crippen molar-refractivity contribution in [2.24, 2.45) is 0 Å². The first-order valence-electron chi connectivity index (χ1n) is 11.1. The highest BCUT2D eigenvalue weighted by atomic mass is 15.2. The summed E-state index contributed by atoms with van der Waals surface area (Å²) in [4.78, 5) is 11.5. The first kappa shape index (κ1) is 18.1. The summed E-state index contributed by atoms with van der Waals surface area (Å²) in [7, 11) is 0. The molecule has 0 fully saturated rings. The Morgan fingerprint density at radius 1 is 0.424 bits per heavy atom. The van der Waals surface area contributed by atoms with Gasteiger partial charge in [0.2, 0.25) is 0 Å². The van der Waals surface area contributed by atoms with E-state index in [9.17, 15) is 0 Å². The fourth-order valence-electron chi connectivity index (χ4n) is 5.16. The maximum atomic E-state index is 4.67. The third-order valence-corrected chi connectivity index (χ3v) is 6.50. The SMILES string of the molecule is c1ccc(N(c2ccccn2)c2ccc3c4cccc5cccc(c6cccc2c63)c54)nc1. The zero-order chi connectivity index (χ0) is 21.8. The molecule has 0 atom stereocenters. The van der Waals surface area contributed by atoms with Gasteiger partial charge in [0, 0.05) is 17.8 Å². The summed E-state index contributed by atoms with van der Waals surface area (Å²) in [6.45, 7) is 0. The van der Waals surface area contributed by atoms with E-state index in [1.54, 1.807) is 0 Å². The number of hydrogen-bond donors (Lipinski definition) is 0. The molecule has 3 nitrogen and oxygen atoms in total. The number of aromatic nitrogens is 2. The van der Waals surface area contributed by atoms with E-state index in [1.807, 2.05) is 48.8 Å². The highest BCUT2D eigenvalue weighted by Gasteiger charge is 2.20. The molecule has 0 aliphatic heterocycles. The van der Waals surface area contributed by atoms with Crippen LogP contribution in [0.4, 0.5) is 17.3 Å². The van der Waals surface area contributed by atoms with E-state index in [0.29, 0.717) is 0 Å². The molecular formula is C30H19N3. The normalized spacial score (nSPS) is 11.6. The largest absolute Gasteiger partial charge is 0.278 e. The van der Waals surface area contributed by atoms with Crippen LogP contribution in [0, 0.1) is 0 Å². The van der Waals surface area contributed by atoms with Gasteiger partial charge in [0.1, 0.15) is 11.6 Å². The summed E-state index contributed by atoms with van der Waals surface area (Å²) in [5.41, 5.74) is 1.07. The third kappa shape index (κ3) is 2.63. The minimum absolute atomic E-state index is 0.843. The second kappa shape index (κ2) is 7.01. The smallest absolute Gasteiger partial charge is 0.138 e. The van der Waals surface area contributed by atoms with Crippen molar-refractivity contribution in [1.29, 1.82) is 0 Å². The topological polar surface area (TPSA) is 29.0 Å². The van der Waals surface area contributed by atoms with Crippen molar-refractivity contribution in [2.75, 3.05) is 4.90 Å². The lowest BCUT2D eigenvalue weighted by Crippen LogP contribution is -2.13. The van der Waals surface area contributed by atoms with Crippen molar-refractivity contribution in [3.8, 4) is 0 Å². The maximum Gasteiger partial charge on any atom is 0.138 e. The summed E-state index contributed by atoms with van der Waals surface area (Å²) >= 11 is 0. The minimum atomic E-state index is 0.843. The Balaban J connectivity index is 1.64. The van der Waals surface area contributed by atoms with Crippen molar-refractivity contribution in [3.63, 3.8) is 0 Å². The van der Waals surface area contributed by atoms with Gasteiger partial charge >= 0.3 is 0 Å². The van der Waals surface area contributed by atoms with Crippen LogP contribution < -0.4 is 4.90 Å². The molecule has 0 unspecified atom stereocenters. The molecule has 0 spiro atoms. The number of benzene rings is 5. The number of fused-ring (bicyclic) bond motifs is 2. The molecule has 0 saturated heterocycles. The Morgan fingerprint density at radius 3 is 1.58 bits per heavy atom. The molecule has 33 heavy (non-hydrogen) atoms. The molecule has 0 saturated carbocycles. The Hall–Kier alpha value is -4.50. The molecule has 0 bridgehead atoms. The van der Waals surface area contributed by atoms with Gasteiger partial charge in [0.25, 0.3) is 0 Å². The van der Waals surface area contributed by atoms with Gasteiger partial charge in [-0.25, -0.2) is 9.97 Å². The molecule has 0 radical (unpaired) electrons. The summed E-state index contributed by atoms with van der Waals surface area (Å²) in [6, 6.07) is 36.2. The van der Waals surface area contributed by atoms with Crippen LogP contribution in [0.5, 0.6) is 0 Å². The van der Waals surface area contributed by atoms with Crippen molar-refractivity contribution in [1.82, 2.24) is 9.97 Å². The van der Waals surface area contributed by atoms with Crippen LogP contribution in [0.1, 0.15) is 0 Å². The van der Waals surface area contributed by atoms with E-state index in [1.165, 1.54) is 43.1 Å². The maximum absolute atomic E-state index is 4.67. The van der Waals surface area contributed by atoms with Crippen molar-refractivity contribution in [3.05, 3.63) is 116 Å². The fraction of sp³-hybridized carbons (Fsp3) is 0. The van der Waals surface area contributed by atoms with Crippen LogP contribution in [-0.2, 0) is 0 Å². The van der Waals surface area contributed by atoms with E-state index in [4.69, 9.17) is 0 Å². The van der Waals surface area contributed by atoms with Gasteiger partial charge in [-0.3, -0.25) is 4.90 Å². The van der Waals surface area contributed by atoms with E-state index in [0.717, 1.165) is 17.3 Å². The molecular weight excluding hydrogens is 402 g/mol. The van der Waals surface area contributed by atoms with Crippen molar-refractivity contribution in [2.45, 2.75) is 0 Å². The van der Waals surface area contributed by atoms with Crippen LogP contribution in [0.3, 0.4) is 0 Å². The zero-order valence-electron chi connectivity index (χ0n) is 17.8. The number of pyridine rings is 2. The number of rotatable bonds is 3. The van der Waals surface area contributed by atoms with Gasteiger partial charge in [-0.15, -0.1) is 0 Å². The van der Waals surface area contributed by atoms with Gasteiger partial charge in [0.15, 0.2) is 0 Å². The average Bonchev–Trinajstić information content (AvgIpc) is 2.89. The molecule has 0 aliphatic carbocycles. The first-order chi connectivity index (χ1) is 16.4. The summed E-state index contributed by atoms with van der Waals surface area (Å²) in [5.74, 6) is 1.69. The Morgan fingerprint density at radius 2 is 0.970 bits per heavy atom. The van der Waals surface area contributed by atoms with Gasteiger partial charge in [-0.1, -0.05) is 72.8 Å². The van der Waals surface area contributed by atoms with Crippen LogP contribution >= 0.6 is 0 Å². The van der Waals surface area contributed by atoms with E-state index in [2.05, 4.69) is 81.6 Å². The Kier molecular flexibility index (Phi) is 3.84. The Bertz CT molecular complexity index is 1670. The molecule has 7 rings (SSSR count). The van der Waals surface area contributed by atoms with Gasteiger partial charge in [-0.2, -0.15) is 0 Å². The number of anilines is 3. The second-order valence-electron chi connectivity index (χ2n) is 8.28. The molecule has 2 aromatic heterocycles. The molecule has 0 aliphatic rings. The van der Waals surface area contributed by atoms with E-state index < -0.39 is 0 Å². The lowest BCUT2D eigenvalue weighted by molar-refractivity contribution is 1.13. The van der Waals surface area contributed by atoms with Crippen LogP contribution in [0.2, 0.25) is 0 Å². The summed E-state index contributed by atoms with van der Waals surface area (Å²) < 4.78 is 0. The molecule has 2 heterocycles. The average molecular weight is 422 g/mol. The standard InChI is InChI=1S/C30H19N3/c1-3-18-31-27(14-1)33(28-15-2-4-19-32-28)26-17-16-24-22-11-6-9-20-8-5-10-21(29(20)22)23-12-7-13-25(26)30(23)24/h1-19H. The Labute approximate surface area is 190 Å². The predicted octanol–water partition coefficient (Wildman–Crippen LogP) is 8.00. The van der Waals surface area contributed by atoms with Gasteiger partial charge < -0.3 is 0 Å². The van der Waals surface area contributed by atoms with Gasteiger partial charge in [-0.05, 0) is 68.0 Å². The first-order valence-corrected chi connectivity index (χ1v) is 11.1. The lowest BCUT2D eigenvalue weighted by atomic mass is 9.89. The molecule has 0 amide bonds. The molecule has 5 aromatic carbocycles. The number of nitrogens with zero attached hydrogens (tertiary/aromatic N) is 3. The third-order valence-electron chi connectivity index (χ3n) is 6.50. The molecule has 7 aromatic rings. The monoisotopic (exact) mass is 421 g/mol.